The molecule has 0 radical (unpaired) electrons. The number of hydrogen-bond donors (Lipinski definition) is 1. The van der Waals surface area contributed by atoms with E-state index in [1.807, 2.05) is 25.1 Å². The maximum atomic E-state index is 5.48. The molecule has 0 fully saturated rings. The van der Waals surface area contributed by atoms with Crippen molar-refractivity contribution in [1.82, 2.24) is 5.32 Å². The monoisotopic (exact) mass is 347 g/mol. The molecule has 2 atom stereocenters. The molecule has 0 heterocycles. The quantitative estimate of drug-likeness (QED) is 0.769. The highest BCUT2D eigenvalue weighted by Gasteiger charge is 2.11. The number of ether oxygens (including phenoxy) is 1. The summed E-state index contributed by atoms with van der Waals surface area (Å²) in [6.07, 6.45) is 0. The molecule has 0 spiro atoms. The van der Waals surface area contributed by atoms with Crippen LogP contribution >= 0.6 is 15.9 Å². The zero-order valence-corrected chi connectivity index (χ0v) is 14.4. The Balaban J connectivity index is 2.01. The molecular weight excluding hydrogens is 326 g/mol. The van der Waals surface area contributed by atoms with E-state index < -0.39 is 0 Å². The van der Waals surface area contributed by atoms with Crippen LogP contribution in [0, 0.1) is 0 Å². The van der Waals surface area contributed by atoms with Crippen molar-refractivity contribution in [2.45, 2.75) is 32.9 Å². The zero-order chi connectivity index (χ0) is 15.2. The van der Waals surface area contributed by atoms with Crippen LogP contribution in [0.1, 0.15) is 44.0 Å². The van der Waals surface area contributed by atoms with Gasteiger partial charge in [0, 0.05) is 16.6 Å². The molecule has 2 aromatic carbocycles. The Morgan fingerprint density at radius 3 is 2.29 bits per heavy atom. The van der Waals surface area contributed by atoms with Gasteiger partial charge >= 0.3 is 0 Å². The number of halogens is 1. The van der Waals surface area contributed by atoms with E-state index in [4.69, 9.17) is 4.74 Å². The van der Waals surface area contributed by atoms with Gasteiger partial charge in [-0.15, -0.1) is 0 Å². The first-order valence-electron chi connectivity index (χ1n) is 7.34. The van der Waals surface area contributed by atoms with E-state index in [1.165, 1.54) is 11.1 Å². The summed E-state index contributed by atoms with van der Waals surface area (Å²) in [5.41, 5.74) is 2.54. The molecule has 112 valence electrons. The fraction of sp³-hybridized carbons (Fsp3) is 0.333. The molecule has 1 N–H and O–H groups in total. The summed E-state index contributed by atoms with van der Waals surface area (Å²) in [6.45, 7) is 7.07. The van der Waals surface area contributed by atoms with Crippen molar-refractivity contribution in [2.75, 3.05) is 6.61 Å². The predicted molar refractivity (Wildman–Crippen MR) is 91.7 cm³/mol. The Bertz CT molecular complexity index is 568. The molecule has 2 nitrogen and oxygen atoms in total. The van der Waals surface area contributed by atoms with Crippen molar-refractivity contribution >= 4 is 15.9 Å². The van der Waals surface area contributed by atoms with Crippen LogP contribution in [-0.4, -0.2) is 6.61 Å². The van der Waals surface area contributed by atoms with E-state index in [0.29, 0.717) is 12.6 Å². The third-order valence-electron chi connectivity index (χ3n) is 3.54. The second-order valence-electron chi connectivity index (χ2n) is 5.17. The standard InChI is InChI=1S/C18H22BrNO/c1-4-21-18-10-8-15(9-11-18)13(2)20-14(3)16-6-5-7-17(19)12-16/h5-14,20H,4H2,1-3H3/t13?,14-/m0/s1. The summed E-state index contributed by atoms with van der Waals surface area (Å²) in [5, 5.41) is 3.63. The highest BCUT2D eigenvalue weighted by atomic mass is 79.9. The van der Waals surface area contributed by atoms with Crippen molar-refractivity contribution in [3.63, 3.8) is 0 Å². The Morgan fingerprint density at radius 2 is 1.67 bits per heavy atom. The van der Waals surface area contributed by atoms with Crippen molar-refractivity contribution in [3.8, 4) is 5.75 Å². The first-order chi connectivity index (χ1) is 10.1. The van der Waals surface area contributed by atoms with Gasteiger partial charge in [0.05, 0.1) is 6.61 Å². The van der Waals surface area contributed by atoms with E-state index in [0.717, 1.165) is 10.2 Å². The normalized spacial score (nSPS) is 13.7. The van der Waals surface area contributed by atoms with Crippen molar-refractivity contribution in [3.05, 3.63) is 64.1 Å². The molecule has 0 aliphatic carbocycles. The third-order valence-corrected chi connectivity index (χ3v) is 4.03. The minimum Gasteiger partial charge on any atom is -0.494 e. The van der Waals surface area contributed by atoms with Crippen molar-refractivity contribution in [2.24, 2.45) is 0 Å². The lowest BCUT2D eigenvalue weighted by atomic mass is 10.0. The summed E-state index contributed by atoms with van der Waals surface area (Å²) in [4.78, 5) is 0. The lowest BCUT2D eigenvalue weighted by Gasteiger charge is -2.21. The highest BCUT2D eigenvalue weighted by Crippen LogP contribution is 2.23. The van der Waals surface area contributed by atoms with Gasteiger partial charge < -0.3 is 10.1 Å². The van der Waals surface area contributed by atoms with Gasteiger partial charge in [-0.3, -0.25) is 0 Å². The molecule has 0 amide bonds. The fourth-order valence-electron chi connectivity index (χ4n) is 2.36. The number of hydrogen-bond acceptors (Lipinski definition) is 2. The second-order valence-corrected chi connectivity index (χ2v) is 6.08. The lowest BCUT2D eigenvalue weighted by Crippen LogP contribution is -2.22. The first-order valence-corrected chi connectivity index (χ1v) is 8.13. The first kappa shape index (κ1) is 16.1. The van der Waals surface area contributed by atoms with Crippen LogP contribution in [0.3, 0.4) is 0 Å². The fourth-order valence-corrected chi connectivity index (χ4v) is 2.78. The van der Waals surface area contributed by atoms with Gasteiger partial charge in [-0.1, -0.05) is 40.2 Å². The molecule has 1 unspecified atom stereocenters. The van der Waals surface area contributed by atoms with Crippen molar-refractivity contribution < 1.29 is 4.74 Å². The highest BCUT2D eigenvalue weighted by molar-refractivity contribution is 9.10. The summed E-state index contributed by atoms with van der Waals surface area (Å²) in [7, 11) is 0. The summed E-state index contributed by atoms with van der Waals surface area (Å²) in [6, 6.07) is 17.3. The predicted octanol–water partition coefficient (Wildman–Crippen LogP) is 5.26. The minimum absolute atomic E-state index is 0.287. The second kappa shape index (κ2) is 7.62. The van der Waals surface area contributed by atoms with E-state index >= 15 is 0 Å². The van der Waals surface area contributed by atoms with Gasteiger partial charge in [0.1, 0.15) is 5.75 Å². The molecule has 0 aliphatic heterocycles. The third kappa shape index (κ3) is 4.58. The largest absolute Gasteiger partial charge is 0.494 e. The molecular formula is C18H22BrNO. The Hall–Kier alpha value is -1.32. The molecule has 2 aromatic rings. The number of nitrogens with one attached hydrogen (secondary N) is 1. The van der Waals surface area contributed by atoms with Gasteiger partial charge in [-0.2, -0.15) is 0 Å². The number of rotatable bonds is 6. The van der Waals surface area contributed by atoms with Crippen molar-refractivity contribution in [1.29, 1.82) is 0 Å². The van der Waals surface area contributed by atoms with E-state index in [-0.39, 0.29) is 6.04 Å². The van der Waals surface area contributed by atoms with E-state index in [9.17, 15) is 0 Å². The average molecular weight is 348 g/mol. The zero-order valence-electron chi connectivity index (χ0n) is 12.8. The maximum Gasteiger partial charge on any atom is 0.119 e. The van der Waals surface area contributed by atoms with E-state index in [1.54, 1.807) is 0 Å². The van der Waals surface area contributed by atoms with Crippen LogP contribution in [0.2, 0.25) is 0 Å². The average Bonchev–Trinajstić information content (AvgIpc) is 2.48. The number of benzene rings is 2. The van der Waals surface area contributed by atoms with Gasteiger partial charge in [0.15, 0.2) is 0 Å². The SMILES string of the molecule is CCOc1ccc(C(C)N[C@@H](C)c2cccc(Br)c2)cc1. The Morgan fingerprint density at radius 1 is 1.00 bits per heavy atom. The van der Waals surface area contributed by atoms with E-state index in [2.05, 4.69) is 65.4 Å². The Kier molecular flexibility index (Phi) is 5.83. The molecule has 0 saturated carbocycles. The maximum absolute atomic E-state index is 5.48. The summed E-state index contributed by atoms with van der Waals surface area (Å²) < 4.78 is 6.59. The van der Waals surface area contributed by atoms with Crippen LogP contribution in [0.25, 0.3) is 0 Å². The van der Waals surface area contributed by atoms with Crippen LogP contribution in [0.5, 0.6) is 5.75 Å². The van der Waals surface area contributed by atoms with Gasteiger partial charge in [-0.25, -0.2) is 0 Å². The van der Waals surface area contributed by atoms with Gasteiger partial charge in [-0.05, 0) is 56.2 Å². The van der Waals surface area contributed by atoms with Gasteiger partial charge in [0.25, 0.3) is 0 Å². The molecule has 21 heavy (non-hydrogen) atoms. The van der Waals surface area contributed by atoms with Gasteiger partial charge in [0.2, 0.25) is 0 Å². The molecule has 0 bridgehead atoms. The summed E-state index contributed by atoms with van der Waals surface area (Å²) >= 11 is 3.52. The molecule has 0 aliphatic rings. The summed E-state index contributed by atoms with van der Waals surface area (Å²) in [5.74, 6) is 0.925. The topological polar surface area (TPSA) is 21.3 Å². The molecule has 0 aromatic heterocycles. The molecule has 0 saturated heterocycles. The molecule has 3 heteroatoms. The van der Waals surface area contributed by atoms with Crippen LogP contribution in [-0.2, 0) is 0 Å². The van der Waals surface area contributed by atoms with Crippen LogP contribution in [0.15, 0.2) is 53.0 Å². The van der Waals surface area contributed by atoms with Crippen LogP contribution < -0.4 is 10.1 Å². The smallest absolute Gasteiger partial charge is 0.119 e. The lowest BCUT2D eigenvalue weighted by molar-refractivity contribution is 0.340. The molecule has 2 rings (SSSR count). The minimum atomic E-state index is 0.287. The van der Waals surface area contributed by atoms with Crippen LogP contribution in [0.4, 0.5) is 0 Å². The Labute approximate surface area is 135 Å².